The van der Waals surface area contributed by atoms with E-state index >= 15 is 0 Å². The van der Waals surface area contributed by atoms with Gasteiger partial charge in [-0.1, -0.05) is 52.3 Å². The van der Waals surface area contributed by atoms with Gasteiger partial charge in [-0.05, 0) is 49.3 Å². The van der Waals surface area contributed by atoms with Crippen molar-refractivity contribution in [3.63, 3.8) is 0 Å². The van der Waals surface area contributed by atoms with E-state index in [-0.39, 0.29) is 11.8 Å². The summed E-state index contributed by atoms with van der Waals surface area (Å²) in [4.78, 5) is 15.1. The fourth-order valence-corrected chi connectivity index (χ4v) is 4.51. The van der Waals surface area contributed by atoms with Crippen LogP contribution in [0.5, 0.6) is 0 Å². The van der Waals surface area contributed by atoms with E-state index in [9.17, 15) is 4.79 Å². The second kappa shape index (κ2) is 8.66. The molecular formula is C21H34N2O. The van der Waals surface area contributed by atoms with Gasteiger partial charge in [-0.2, -0.15) is 0 Å². The van der Waals surface area contributed by atoms with E-state index in [2.05, 4.69) is 31.1 Å². The summed E-state index contributed by atoms with van der Waals surface area (Å²) < 4.78 is 0. The Hall–Kier alpha value is -1.35. The molecule has 1 saturated heterocycles. The minimum Gasteiger partial charge on any atom is -0.326 e. The van der Waals surface area contributed by atoms with E-state index in [1.807, 2.05) is 44.2 Å². The number of anilines is 1. The van der Waals surface area contributed by atoms with E-state index < -0.39 is 0 Å². The summed E-state index contributed by atoms with van der Waals surface area (Å²) in [7, 11) is 2.14. The van der Waals surface area contributed by atoms with Gasteiger partial charge in [0.2, 0.25) is 5.91 Å². The average molecular weight is 331 g/mol. The lowest BCUT2D eigenvalue weighted by Gasteiger charge is -2.28. The van der Waals surface area contributed by atoms with Crippen LogP contribution in [0.2, 0.25) is 0 Å². The van der Waals surface area contributed by atoms with Crippen LogP contribution in [0.3, 0.4) is 0 Å². The number of carbonyl (C=O) groups excluding carboxylic acids is 1. The molecule has 0 aromatic heterocycles. The molecular weight excluding hydrogens is 296 g/mol. The number of likely N-dealkylation sites (tertiary alicyclic amines) is 1. The van der Waals surface area contributed by atoms with Gasteiger partial charge in [-0.25, -0.2) is 0 Å². The molecule has 3 rings (SSSR count). The number of rotatable bonds is 3. The number of para-hydroxylation sites is 1. The number of hydrogen-bond donors (Lipinski definition) is 1. The predicted octanol–water partition coefficient (Wildman–Crippen LogP) is 4.51. The third-order valence-corrected chi connectivity index (χ3v) is 6.00. The number of benzene rings is 1. The van der Waals surface area contributed by atoms with Gasteiger partial charge in [0, 0.05) is 18.8 Å². The van der Waals surface area contributed by atoms with Gasteiger partial charge in [0.25, 0.3) is 0 Å². The number of hydrogen-bond acceptors (Lipinski definition) is 2. The molecule has 24 heavy (non-hydrogen) atoms. The Labute approximate surface area is 147 Å². The molecule has 1 aliphatic heterocycles. The summed E-state index contributed by atoms with van der Waals surface area (Å²) in [6, 6.07) is 9.84. The standard InChI is InChI=1S/C19H28N2O.C2H6/c1-13-9-10-16(14(13)2)17-11-21(3)12-18(17)19(22)20-15-7-5-4-6-8-15;1-2/h4-8,13-14,16-18H,9-12H2,1-3H3,(H,20,22);1-2H3/t13-,14-,16+,17-,18+;/m1./s1. The Balaban J connectivity index is 0.00000100. The van der Waals surface area contributed by atoms with Crippen molar-refractivity contribution in [3.05, 3.63) is 30.3 Å². The van der Waals surface area contributed by atoms with Crippen molar-refractivity contribution in [2.24, 2.45) is 29.6 Å². The molecule has 2 aliphatic rings. The first-order valence-corrected chi connectivity index (χ1v) is 9.60. The largest absolute Gasteiger partial charge is 0.326 e. The molecule has 0 unspecified atom stereocenters. The van der Waals surface area contributed by atoms with Crippen molar-refractivity contribution in [3.8, 4) is 0 Å². The second-order valence-corrected chi connectivity index (χ2v) is 7.42. The summed E-state index contributed by atoms with van der Waals surface area (Å²) >= 11 is 0. The van der Waals surface area contributed by atoms with E-state index in [1.54, 1.807) is 0 Å². The van der Waals surface area contributed by atoms with Crippen LogP contribution in [-0.2, 0) is 4.79 Å². The number of nitrogens with zero attached hydrogens (tertiary/aromatic N) is 1. The maximum Gasteiger partial charge on any atom is 0.229 e. The average Bonchev–Trinajstić information content (AvgIpc) is 3.13. The van der Waals surface area contributed by atoms with Crippen molar-refractivity contribution >= 4 is 11.6 Å². The lowest BCUT2D eigenvalue weighted by Crippen LogP contribution is -2.33. The Morgan fingerprint density at radius 3 is 2.29 bits per heavy atom. The zero-order chi connectivity index (χ0) is 17.7. The van der Waals surface area contributed by atoms with Crippen molar-refractivity contribution in [2.45, 2.75) is 40.5 Å². The highest BCUT2D eigenvalue weighted by molar-refractivity contribution is 5.93. The van der Waals surface area contributed by atoms with Gasteiger partial charge < -0.3 is 10.2 Å². The van der Waals surface area contributed by atoms with Crippen molar-refractivity contribution < 1.29 is 4.79 Å². The maximum atomic E-state index is 12.8. The molecule has 0 radical (unpaired) electrons. The smallest absolute Gasteiger partial charge is 0.229 e. The molecule has 3 heteroatoms. The fourth-order valence-electron chi connectivity index (χ4n) is 4.51. The van der Waals surface area contributed by atoms with Crippen LogP contribution in [0.4, 0.5) is 5.69 Å². The quantitative estimate of drug-likeness (QED) is 0.884. The predicted molar refractivity (Wildman–Crippen MR) is 102 cm³/mol. The Morgan fingerprint density at radius 2 is 1.71 bits per heavy atom. The summed E-state index contributed by atoms with van der Waals surface area (Å²) in [5.41, 5.74) is 0.911. The first-order valence-electron chi connectivity index (χ1n) is 9.60. The molecule has 1 aromatic rings. The summed E-state index contributed by atoms with van der Waals surface area (Å²) in [5, 5.41) is 3.12. The van der Waals surface area contributed by atoms with Crippen LogP contribution in [0.15, 0.2) is 30.3 Å². The topological polar surface area (TPSA) is 32.3 Å². The summed E-state index contributed by atoms with van der Waals surface area (Å²) in [6.07, 6.45) is 2.61. The second-order valence-electron chi connectivity index (χ2n) is 7.42. The minimum atomic E-state index is 0.128. The number of amides is 1. The molecule has 0 spiro atoms. The van der Waals surface area contributed by atoms with Crippen LogP contribution < -0.4 is 5.32 Å². The van der Waals surface area contributed by atoms with Crippen molar-refractivity contribution in [1.82, 2.24) is 4.90 Å². The highest BCUT2D eigenvalue weighted by atomic mass is 16.2. The molecule has 5 atom stereocenters. The van der Waals surface area contributed by atoms with E-state index in [1.165, 1.54) is 12.8 Å². The van der Waals surface area contributed by atoms with Crippen LogP contribution in [-0.4, -0.2) is 30.9 Å². The van der Waals surface area contributed by atoms with Gasteiger partial charge in [0.1, 0.15) is 0 Å². The summed E-state index contributed by atoms with van der Waals surface area (Å²) in [6.45, 7) is 10.7. The SMILES string of the molecule is CC.C[C@H]1[C@@H]([C@H]2CN(C)C[C@@H]2C(=O)Nc2ccccc2)CC[C@H]1C. The van der Waals surface area contributed by atoms with Crippen LogP contribution in [0, 0.1) is 29.6 Å². The van der Waals surface area contributed by atoms with E-state index in [0.29, 0.717) is 11.8 Å². The first-order chi connectivity index (χ1) is 11.6. The molecule has 134 valence electrons. The lowest BCUT2D eigenvalue weighted by atomic mass is 9.77. The molecule has 1 saturated carbocycles. The molecule has 1 heterocycles. The van der Waals surface area contributed by atoms with Crippen LogP contribution in [0.25, 0.3) is 0 Å². The number of nitrogens with one attached hydrogen (secondary N) is 1. The summed E-state index contributed by atoms with van der Waals surface area (Å²) in [5.74, 6) is 3.08. The van der Waals surface area contributed by atoms with Crippen LogP contribution >= 0.6 is 0 Å². The van der Waals surface area contributed by atoms with Gasteiger partial charge in [-0.15, -0.1) is 0 Å². The Bertz CT molecular complexity index is 516. The fraction of sp³-hybridized carbons (Fsp3) is 0.667. The van der Waals surface area contributed by atoms with Gasteiger partial charge in [-0.3, -0.25) is 4.79 Å². The van der Waals surface area contributed by atoms with E-state index in [4.69, 9.17) is 0 Å². The molecule has 0 bridgehead atoms. The Morgan fingerprint density at radius 1 is 1.04 bits per heavy atom. The van der Waals surface area contributed by atoms with Crippen molar-refractivity contribution in [2.75, 3.05) is 25.5 Å². The Kier molecular flexibility index (Phi) is 6.85. The molecule has 1 aromatic carbocycles. The minimum absolute atomic E-state index is 0.128. The zero-order valence-electron chi connectivity index (χ0n) is 16.0. The molecule has 1 amide bonds. The van der Waals surface area contributed by atoms with Gasteiger partial charge in [0.05, 0.1) is 5.92 Å². The zero-order valence-corrected chi connectivity index (χ0v) is 16.0. The maximum absolute atomic E-state index is 12.8. The van der Waals surface area contributed by atoms with E-state index in [0.717, 1.165) is 30.6 Å². The third-order valence-electron chi connectivity index (χ3n) is 6.00. The highest BCUT2D eigenvalue weighted by Crippen LogP contribution is 2.45. The molecule has 1 N–H and O–H groups in total. The molecule has 3 nitrogen and oxygen atoms in total. The number of carbonyl (C=O) groups is 1. The normalized spacial score (nSPS) is 33.0. The van der Waals surface area contributed by atoms with Gasteiger partial charge in [0.15, 0.2) is 0 Å². The molecule has 2 fully saturated rings. The monoisotopic (exact) mass is 330 g/mol. The first kappa shape index (κ1) is 19.0. The molecule has 1 aliphatic carbocycles. The van der Waals surface area contributed by atoms with Gasteiger partial charge >= 0.3 is 0 Å². The van der Waals surface area contributed by atoms with Crippen LogP contribution in [0.1, 0.15) is 40.5 Å². The lowest BCUT2D eigenvalue weighted by molar-refractivity contribution is -0.121. The highest BCUT2D eigenvalue weighted by Gasteiger charge is 2.45. The third kappa shape index (κ3) is 4.18. The van der Waals surface area contributed by atoms with Crippen molar-refractivity contribution in [1.29, 1.82) is 0 Å².